The first-order valence-electron chi connectivity index (χ1n) is 9.73. The lowest BCUT2D eigenvalue weighted by Crippen LogP contribution is -2.30. The minimum absolute atomic E-state index is 0.116. The number of anilines is 1. The van der Waals surface area contributed by atoms with Crippen molar-refractivity contribution >= 4 is 22.4 Å². The van der Waals surface area contributed by atoms with Gasteiger partial charge in [-0.25, -0.2) is 4.98 Å². The number of carbonyl (C=O) groups excluding carboxylic acids is 1. The van der Waals surface area contributed by atoms with E-state index in [0.29, 0.717) is 10.7 Å². The standard InChI is InChI=1S/C23H25N3O2S/c1-15-4-5-18(10-16(15)2)22(27)25-23-24-20(14-29-23)13-26-9-8-17-11-21(28-3)7-6-19(17)12-26/h4-7,10-11,14H,8-9,12-13H2,1-3H3,(H,24,25,27). The van der Waals surface area contributed by atoms with E-state index in [-0.39, 0.29) is 5.91 Å². The van der Waals surface area contributed by atoms with Crippen LogP contribution in [0.3, 0.4) is 0 Å². The Hall–Kier alpha value is -2.70. The lowest BCUT2D eigenvalue weighted by atomic mass is 9.99. The van der Waals surface area contributed by atoms with Crippen molar-refractivity contribution < 1.29 is 9.53 Å². The Morgan fingerprint density at radius 3 is 2.83 bits per heavy atom. The molecule has 1 amide bonds. The van der Waals surface area contributed by atoms with Gasteiger partial charge in [0.05, 0.1) is 12.8 Å². The molecule has 2 aromatic carbocycles. The average Bonchev–Trinajstić information content (AvgIpc) is 3.16. The predicted molar refractivity (Wildman–Crippen MR) is 117 cm³/mol. The van der Waals surface area contributed by atoms with E-state index in [1.165, 1.54) is 28.0 Å². The minimum atomic E-state index is -0.116. The van der Waals surface area contributed by atoms with Crippen LogP contribution in [0.2, 0.25) is 0 Å². The Bertz CT molecular complexity index is 1040. The second kappa shape index (κ2) is 8.35. The molecular weight excluding hydrogens is 382 g/mol. The molecule has 0 spiro atoms. The van der Waals surface area contributed by atoms with E-state index in [4.69, 9.17) is 4.74 Å². The summed E-state index contributed by atoms with van der Waals surface area (Å²) >= 11 is 1.47. The maximum Gasteiger partial charge on any atom is 0.257 e. The number of fused-ring (bicyclic) bond motifs is 1. The van der Waals surface area contributed by atoms with Crippen LogP contribution in [0.5, 0.6) is 5.75 Å². The quantitative estimate of drug-likeness (QED) is 0.673. The van der Waals surface area contributed by atoms with Crippen molar-refractivity contribution in [3.63, 3.8) is 0 Å². The van der Waals surface area contributed by atoms with Gasteiger partial charge < -0.3 is 4.74 Å². The van der Waals surface area contributed by atoms with Gasteiger partial charge in [-0.3, -0.25) is 15.0 Å². The molecule has 0 radical (unpaired) electrons. The minimum Gasteiger partial charge on any atom is -0.497 e. The fraction of sp³-hybridized carbons (Fsp3) is 0.304. The maximum absolute atomic E-state index is 12.5. The van der Waals surface area contributed by atoms with Crippen molar-refractivity contribution in [2.45, 2.75) is 33.4 Å². The summed E-state index contributed by atoms with van der Waals surface area (Å²) in [5, 5.41) is 5.60. The summed E-state index contributed by atoms with van der Waals surface area (Å²) in [6.07, 6.45) is 1.01. The molecule has 1 aliphatic heterocycles. The van der Waals surface area contributed by atoms with Crippen molar-refractivity contribution in [2.24, 2.45) is 0 Å². The van der Waals surface area contributed by atoms with Crippen molar-refractivity contribution in [2.75, 3.05) is 19.0 Å². The highest BCUT2D eigenvalue weighted by Gasteiger charge is 2.18. The summed E-state index contributed by atoms with van der Waals surface area (Å²) < 4.78 is 5.32. The van der Waals surface area contributed by atoms with Crippen LogP contribution >= 0.6 is 11.3 Å². The van der Waals surface area contributed by atoms with Crippen molar-refractivity contribution in [1.82, 2.24) is 9.88 Å². The van der Waals surface area contributed by atoms with Gasteiger partial charge in [-0.2, -0.15) is 0 Å². The van der Waals surface area contributed by atoms with Crippen molar-refractivity contribution in [3.8, 4) is 5.75 Å². The van der Waals surface area contributed by atoms with Crippen molar-refractivity contribution in [3.05, 3.63) is 75.3 Å². The topological polar surface area (TPSA) is 54.5 Å². The largest absolute Gasteiger partial charge is 0.497 e. The molecule has 0 bridgehead atoms. The zero-order valence-electron chi connectivity index (χ0n) is 17.0. The van der Waals surface area contributed by atoms with Gasteiger partial charge in [-0.15, -0.1) is 11.3 Å². The van der Waals surface area contributed by atoms with Crippen LogP contribution in [0.4, 0.5) is 5.13 Å². The third-order valence-corrected chi connectivity index (χ3v) is 6.24. The Kier molecular flexibility index (Phi) is 5.65. The van der Waals surface area contributed by atoms with E-state index >= 15 is 0 Å². The van der Waals surface area contributed by atoms with E-state index in [1.54, 1.807) is 7.11 Å². The van der Waals surface area contributed by atoms with Crippen LogP contribution in [-0.4, -0.2) is 29.4 Å². The average molecular weight is 408 g/mol. The van der Waals surface area contributed by atoms with Gasteiger partial charge in [0.1, 0.15) is 5.75 Å². The van der Waals surface area contributed by atoms with Crippen LogP contribution in [0, 0.1) is 13.8 Å². The molecule has 3 aromatic rings. The number of nitrogens with zero attached hydrogens (tertiary/aromatic N) is 2. The molecule has 1 aliphatic rings. The van der Waals surface area contributed by atoms with E-state index < -0.39 is 0 Å². The fourth-order valence-corrected chi connectivity index (χ4v) is 4.26. The van der Waals surface area contributed by atoms with Crippen LogP contribution in [0.25, 0.3) is 0 Å². The number of nitrogens with one attached hydrogen (secondary N) is 1. The van der Waals surface area contributed by atoms with Crippen LogP contribution < -0.4 is 10.1 Å². The molecule has 1 aromatic heterocycles. The Morgan fingerprint density at radius 2 is 2.03 bits per heavy atom. The number of hydrogen-bond acceptors (Lipinski definition) is 5. The van der Waals surface area contributed by atoms with E-state index in [0.717, 1.165) is 43.1 Å². The predicted octanol–water partition coefficient (Wildman–Crippen LogP) is 4.58. The van der Waals surface area contributed by atoms with Crippen LogP contribution in [0.15, 0.2) is 41.8 Å². The fourth-order valence-electron chi connectivity index (χ4n) is 3.57. The molecule has 0 atom stereocenters. The Labute approximate surface area is 175 Å². The molecule has 150 valence electrons. The normalized spacial score (nSPS) is 13.8. The molecule has 0 saturated heterocycles. The lowest BCUT2D eigenvalue weighted by Gasteiger charge is -2.28. The monoisotopic (exact) mass is 407 g/mol. The number of methoxy groups -OCH3 is 1. The zero-order chi connectivity index (χ0) is 20.4. The molecule has 6 heteroatoms. The first-order valence-corrected chi connectivity index (χ1v) is 10.6. The van der Waals surface area contributed by atoms with Gasteiger partial charge in [0.2, 0.25) is 0 Å². The van der Waals surface area contributed by atoms with E-state index in [1.807, 2.05) is 43.5 Å². The summed E-state index contributed by atoms with van der Waals surface area (Å²) in [5.41, 5.74) is 6.64. The molecule has 0 unspecified atom stereocenters. The molecule has 0 fully saturated rings. The van der Waals surface area contributed by atoms with Gasteiger partial charge in [0.25, 0.3) is 5.91 Å². The van der Waals surface area contributed by atoms with Crippen LogP contribution in [-0.2, 0) is 19.5 Å². The molecule has 0 saturated carbocycles. The lowest BCUT2D eigenvalue weighted by molar-refractivity contribution is 0.102. The molecule has 0 aliphatic carbocycles. The highest BCUT2D eigenvalue weighted by Crippen LogP contribution is 2.25. The Balaban J connectivity index is 1.38. The smallest absolute Gasteiger partial charge is 0.257 e. The molecule has 1 N–H and O–H groups in total. The molecule has 2 heterocycles. The van der Waals surface area contributed by atoms with Crippen molar-refractivity contribution in [1.29, 1.82) is 0 Å². The maximum atomic E-state index is 12.5. The Morgan fingerprint density at radius 1 is 1.17 bits per heavy atom. The number of ether oxygens (including phenoxy) is 1. The van der Waals surface area contributed by atoms with Crippen LogP contribution in [0.1, 0.15) is 38.3 Å². The van der Waals surface area contributed by atoms with Gasteiger partial charge in [-0.1, -0.05) is 12.1 Å². The number of aromatic nitrogens is 1. The number of aryl methyl sites for hydroxylation is 2. The van der Waals surface area contributed by atoms with Gasteiger partial charge >= 0.3 is 0 Å². The van der Waals surface area contributed by atoms with E-state index in [9.17, 15) is 4.79 Å². The number of benzene rings is 2. The molecule has 4 rings (SSSR count). The number of amides is 1. The molecular formula is C23H25N3O2S. The summed E-state index contributed by atoms with van der Waals surface area (Å²) in [6.45, 7) is 6.73. The highest BCUT2D eigenvalue weighted by atomic mass is 32.1. The number of carbonyl (C=O) groups is 1. The number of hydrogen-bond donors (Lipinski definition) is 1. The third kappa shape index (κ3) is 4.49. The van der Waals surface area contributed by atoms with Gasteiger partial charge in [0.15, 0.2) is 5.13 Å². The molecule has 5 nitrogen and oxygen atoms in total. The second-order valence-electron chi connectivity index (χ2n) is 7.49. The van der Waals surface area contributed by atoms with E-state index in [2.05, 4.69) is 27.3 Å². The first kappa shape index (κ1) is 19.6. The summed E-state index contributed by atoms with van der Waals surface area (Å²) in [7, 11) is 1.70. The SMILES string of the molecule is COc1ccc2c(c1)CCN(Cc1csc(NC(=O)c3ccc(C)c(C)c3)n1)C2. The number of thiazole rings is 1. The molecule has 29 heavy (non-hydrogen) atoms. The zero-order valence-corrected chi connectivity index (χ0v) is 17.8. The summed E-state index contributed by atoms with van der Waals surface area (Å²) in [4.78, 5) is 19.5. The van der Waals surface area contributed by atoms with Gasteiger partial charge in [0, 0.05) is 30.6 Å². The summed E-state index contributed by atoms with van der Waals surface area (Å²) in [6, 6.07) is 12.0. The van der Waals surface area contributed by atoms with Gasteiger partial charge in [-0.05, 0) is 66.8 Å². The summed E-state index contributed by atoms with van der Waals surface area (Å²) in [5.74, 6) is 0.802. The second-order valence-corrected chi connectivity index (χ2v) is 8.35. The highest BCUT2D eigenvalue weighted by molar-refractivity contribution is 7.13. The number of rotatable bonds is 5. The third-order valence-electron chi connectivity index (χ3n) is 5.43. The first-order chi connectivity index (χ1) is 14.0.